The minimum atomic E-state index is -0.358. The molecule has 0 unspecified atom stereocenters. The third-order valence-electron chi connectivity index (χ3n) is 4.67. The van der Waals surface area contributed by atoms with E-state index in [1.54, 1.807) is 18.2 Å². The standard InChI is InChI=1S/C24H16FI2NO3S/c25-18-8-6-15(7-9-18)13-28-23(29)21(32-24(28)30)12-17-10-19(26)22(20(27)11-17)31-14-16-4-2-1-3-5-16/h1-12H,13-14H2/b21-12-. The van der Waals surface area contributed by atoms with Crippen molar-refractivity contribution in [3.63, 3.8) is 0 Å². The molecule has 0 bridgehead atoms. The van der Waals surface area contributed by atoms with Gasteiger partial charge in [0.25, 0.3) is 11.1 Å². The van der Waals surface area contributed by atoms with Gasteiger partial charge in [-0.1, -0.05) is 42.5 Å². The van der Waals surface area contributed by atoms with E-state index in [0.717, 1.165) is 35.8 Å². The summed E-state index contributed by atoms with van der Waals surface area (Å²) in [5.74, 6) is 0.0820. The van der Waals surface area contributed by atoms with Crippen LogP contribution in [0.25, 0.3) is 6.08 Å². The molecule has 0 N–H and O–H groups in total. The van der Waals surface area contributed by atoms with Crippen molar-refractivity contribution < 1.29 is 18.7 Å². The number of carbonyl (C=O) groups excluding carboxylic acids is 2. The predicted molar refractivity (Wildman–Crippen MR) is 141 cm³/mol. The summed E-state index contributed by atoms with van der Waals surface area (Å²) in [6, 6.07) is 19.6. The second kappa shape index (κ2) is 10.3. The average Bonchev–Trinajstić information content (AvgIpc) is 3.02. The van der Waals surface area contributed by atoms with Crippen molar-refractivity contribution >= 4 is 74.2 Å². The number of ether oxygens (including phenoxy) is 1. The van der Waals surface area contributed by atoms with E-state index < -0.39 is 0 Å². The van der Waals surface area contributed by atoms with Gasteiger partial charge in [-0.25, -0.2) is 4.39 Å². The predicted octanol–water partition coefficient (Wildman–Crippen LogP) is 6.85. The Morgan fingerprint density at radius 3 is 2.25 bits per heavy atom. The smallest absolute Gasteiger partial charge is 0.293 e. The zero-order chi connectivity index (χ0) is 22.7. The molecule has 0 saturated carbocycles. The molecule has 0 radical (unpaired) electrons. The van der Waals surface area contributed by atoms with Crippen LogP contribution in [0.3, 0.4) is 0 Å². The number of hydrogen-bond acceptors (Lipinski definition) is 4. The first kappa shape index (κ1) is 23.2. The van der Waals surface area contributed by atoms with Crippen molar-refractivity contribution in [1.29, 1.82) is 0 Å². The van der Waals surface area contributed by atoms with Gasteiger partial charge in [0.15, 0.2) is 0 Å². The van der Waals surface area contributed by atoms with Crippen molar-refractivity contribution in [3.8, 4) is 5.75 Å². The van der Waals surface area contributed by atoms with Crippen LogP contribution in [0, 0.1) is 13.0 Å². The summed E-state index contributed by atoms with van der Waals surface area (Å²) >= 11 is 5.34. The Morgan fingerprint density at radius 2 is 1.59 bits per heavy atom. The molecule has 1 heterocycles. The highest BCUT2D eigenvalue weighted by atomic mass is 127. The molecular formula is C24H16FI2NO3S. The van der Waals surface area contributed by atoms with Gasteiger partial charge in [0.1, 0.15) is 18.2 Å². The third kappa shape index (κ3) is 5.52. The van der Waals surface area contributed by atoms with Crippen molar-refractivity contribution in [2.45, 2.75) is 13.2 Å². The van der Waals surface area contributed by atoms with E-state index in [-0.39, 0.29) is 23.5 Å². The van der Waals surface area contributed by atoms with E-state index in [2.05, 4.69) is 45.2 Å². The number of nitrogens with zero attached hydrogens (tertiary/aromatic N) is 1. The van der Waals surface area contributed by atoms with Gasteiger partial charge in [0.05, 0.1) is 18.6 Å². The number of amides is 2. The molecule has 0 atom stereocenters. The van der Waals surface area contributed by atoms with Crippen LogP contribution in [0.4, 0.5) is 9.18 Å². The Hall–Kier alpha value is -1.92. The van der Waals surface area contributed by atoms with Gasteiger partial charge < -0.3 is 4.74 Å². The maximum Gasteiger partial charge on any atom is 0.293 e. The third-order valence-corrected chi connectivity index (χ3v) is 7.18. The van der Waals surface area contributed by atoms with Gasteiger partial charge in [-0.3, -0.25) is 14.5 Å². The molecule has 1 fully saturated rings. The van der Waals surface area contributed by atoms with Crippen LogP contribution in [0.5, 0.6) is 5.75 Å². The number of imide groups is 1. The summed E-state index contributed by atoms with van der Waals surface area (Å²) < 4.78 is 21.0. The molecule has 0 aromatic heterocycles. The second-order valence-electron chi connectivity index (χ2n) is 6.98. The molecule has 1 aliphatic rings. The van der Waals surface area contributed by atoms with Crippen LogP contribution >= 0.6 is 56.9 Å². The summed E-state index contributed by atoms with van der Waals surface area (Å²) in [5.41, 5.74) is 2.59. The van der Waals surface area contributed by atoms with Gasteiger partial charge >= 0.3 is 0 Å². The maximum atomic E-state index is 13.1. The second-order valence-corrected chi connectivity index (χ2v) is 10.3. The van der Waals surface area contributed by atoms with E-state index in [9.17, 15) is 14.0 Å². The minimum absolute atomic E-state index is 0.115. The SMILES string of the molecule is O=C1S/C(=C\c2cc(I)c(OCc3ccccc3)c(I)c2)C(=O)N1Cc1ccc(F)cc1. The first-order chi connectivity index (χ1) is 15.4. The molecule has 1 saturated heterocycles. The van der Waals surface area contributed by atoms with E-state index in [0.29, 0.717) is 17.1 Å². The van der Waals surface area contributed by atoms with E-state index in [4.69, 9.17) is 4.74 Å². The fraction of sp³-hybridized carbons (Fsp3) is 0.0833. The molecule has 4 rings (SSSR count). The van der Waals surface area contributed by atoms with Crippen molar-refractivity contribution in [1.82, 2.24) is 4.90 Å². The van der Waals surface area contributed by atoms with Gasteiger partial charge in [0, 0.05) is 0 Å². The monoisotopic (exact) mass is 671 g/mol. The zero-order valence-corrected chi connectivity index (χ0v) is 21.7. The van der Waals surface area contributed by atoms with Crippen LogP contribution in [0.15, 0.2) is 71.6 Å². The minimum Gasteiger partial charge on any atom is -0.487 e. The highest BCUT2D eigenvalue weighted by Crippen LogP contribution is 2.35. The van der Waals surface area contributed by atoms with E-state index in [1.807, 2.05) is 42.5 Å². The number of rotatable bonds is 6. The molecule has 3 aromatic carbocycles. The van der Waals surface area contributed by atoms with Crippen LogP contribution in [-0.2, 0) is 17.9 Å². The Kier molecular flexibility index (Phi) is 7.51. The molecule has 32 heavy (non-hydrogen) atoms. The quantitative estimate of drug-likeness (QED) is 0.213. The summed E-state index contributed by atoms with van der Waals surface area (Å²) in [6.45, 7) is 0.581. The number of carbonyl (C=O) groups is 2. The van der Waals surface area contributed by atoms with Crippen LogP contribution < -0.4 is 4.74 Å². The Morgan fingerprint density at radius 1 is 0.938 bits per heavy atom. The van der Waals surface area contributed by atoms with Gasteiger partial charge in [-0.2, -0.15) is 0 Å². The lowest BCUT2D eigenvalue weighted by Gasteiger charge is -2.12. The van der Waals surface area contributed by atoms with Crippen LogP contribution in [-0.4, -0.2) is 16.0 Å². The summed E-state index contributed by atoms with van der Waals surface area (Å²) in [4.78, 5) is 26.7. The first-order valence-corrected chi connectivity index (χ1v) is 12.5. The van der Waals surface area contributed by atoms with Gasteiger partial charge in [0.2, 0.25) is 0 Å². The molecular weight excluding hydrogens is 655 g/mol. The number of benzene rings is 3. The largest absolute Gasteiger partial charge is 0.487 e. The number of thioether (sulfide) groups is 1. The Labute approximate surface area is 216 Å². The van der Waals surface area contributed by atoms with Crippen molar-refractivity contribution in [2.75, 3.05) is 0 Å². The highest BCUT2D eigenvalue weighted by Gasteiger charge is 2.35. The Bertz CT molecular complexity index is 1180. The topological polar surface area (TPSA) is 46.6 Å². The molecule has 0 spiro atoms. The first-order valence-electron chi connectivity index (χ1n) is 9.56. The van der Waals surface area contributed by atoms with Gasteiger partial charge in [-0.05, 0) is 104 Å². The summed E-state index contributed by atoms with van der Waals surface area (Å²) in [5, 5.41) is -0.335. The van der Waals surface area contributed by atoms with Crippen molar-refractivity contribution in [2.24, 2.45) is 0 Å². The molecule has 1 aliphatic heterocycles. The van der Waals surface area contributed by atoms with Crippen LogP contribution in [0.1, 0.15) is 16.7 Å². The fourth-order valence-electron chi connectivity index (χ4n) is 3.09. The Balaban J connectivity index is 1.50. The normalized spacial score (nSPS) is 15.0. The maximum absolute atomic E-state index is 13.1. The molecule has 8 heteroatoms. The molecule has 0 aliphatic carbocycles. The van der Waals surface area contributed by atoms with E-state index in [1.165, 1.54) is 17.0 Å². The number of hydrogen-bond donors (Lipinski definition) is 0. The average molecular weight is 671 g/mol. The van der Waals surface area contributed by atoms with Crippen molar-refractivity contribution in [3.05, 3.63) is 101 Å². The zero-order valence-electron chi connectivity index (χ0n) is 16.6. The molecule has 4 nitrogen and oxygen atoms in total. The molecule has 2 amide bonds. The lowest BCUT2D eigenvalue weighted by atomic mass is 10.2. The number of halogens is 3. The molecule has 162 valence electrons. The molecule has 3 aromatic rings. The summed E-state index contributed by atoms with van der Waals surface area (Å²) in [7, 11) is 0. The van der Waals surface area contributed by atoms with Gasteiger partial charge in [-0.15, -0.1) is 0 Å². The van der Waals surface area contributed by atoms with E-state index >= 15 is 0 Å². The lowest BCUT2D eigenvalue weighted by molar-refractivity contribution is -0.123. The highest BCUT2D eigenvalue weighted by molar-refractivity contribution is 14.1. The lowest BCUT2D eigenvalue weighted by Crippen LogP contribution is -2.27. The van der Waals surface area contributed by atoms with Crippen LogP contribution in [0.2, 0.25) is 0 Å². The fourth-order valence-corrected chi connectivity index (χ4v) is 6.06. The summed E-state index contributed by atoms with van der Waals surface area (Å²) in [6.07, 6.45) is 1.72.